The van der Waals surface area contributed by atoms with Crippen molar-refractivity contribution >= 4 is 0 Å². The molecular weight excluding hydrogens is 186 g/mol. The maximum Gasteiger partial charge on any atom is 0.0315 e. The lowest BCUT2D eigenvalue weighted by molar-refractivity contribution is 0.349. The van der Waals surface area contributed by atoms with Gasteiger partial charge >= 0.3 is 0 Å². The Morgan fingerprint density at radius 1 is 1.47 bits per heavy atom. The topological polar surface area (TPSA) is 28.2 Å². The molecule has 15 heavy (non-hydrogen) atoms. The van der Waals surface area contributed by atoms with E-state index in [9.17, 15) is 0 Å². The Bertz CT molecular complexity index is 297. The summed E-state index contributed by atoms with van der Waals surface area (Å²) < 4.78 is 0. The van der Waals surface area contributed by atoms with Crippen molar-refractivity contribution in [2.45, 2.75) is 26.4 Å². The lowest BCUT2D eigenvalue weighted by Gasteiger charge is -2.18. The standard InChI is InChI=1S/C12H21N3/c1-10-5-6-13-7-12(10)8-14-11(2)9-15(3)4/h5-7,11,14H,8-9H2,1-4H3. The predicted octanol–water partition coefficient (Wildman–Crippen LogP) is 1.43. The summed E-state index contributed by atoms with van der Waals surface area (Å²) in [7, 11) is 4.18. The summed E-state index contributed by atoms with van der Waals surface area (Å²) >= 11 is 0. The van der Waals surface area contributed by atoms with E-state index < -0.39 is 0 Å². The molecule has 3 nitrogen and oxygen atoms in total. The molecule has 1 atom stereocenters. The Morgan fingerprint density at radius 2 is 2.20 bits per heavy atom. The smallest absolute Gasteiger partial charge is 0.0315 e. The van der Waals surface area contributed by atoms with Crippen molar-refractivity contribution in [1.82, 2.24) is 15.2 Å². The minimum Gasteiger partial charge on any atom is -0.309 e. The highest BCUT2D eigenvalue weighted by Crippen LogP contribution is 2.04. The third kappa shape index (κ3) is 4.40. The third-order valence-corrected chi connectivity index (χ3v) is 2.43. The molecule has 0 aliphatic rings. The number of likely N-dealkylation sites (N-methyl/N-ethyl adjacent to an activating group) is 1. The van der Waals surface area contributed by atoms with Crippen LogP contribution in [-0.2, 0) is 6.54 Å². The van der Waals surface area contributed by atoms with Crippen molar-refractivity contribution in [2.75, 3.05) is 20.6 Å². The van der Waals surface area contributed by atoms with E-state index in [2.05, 4.69) is 43.1 Å². The molecule has 1 heterocycles. The largest absolute Gasteiger partial charge is 0.309 e. The molecule has 0 aliphatic carbocycles. The van der Waals surface area contributed by atoms with Crippen LogP contribution in [0.15, 0.2) is 18.5 Å². The summed E-state index contributed by atoms with van der Waals surface area (Å²) in [6.07, 6.45) is 3.77. The lowest BCUT2D eigenvalue weighted by atomic mass is 10.1. The van der Waals surface area contributed by atoms with E-state index in [-0.39, 0.29) is 0 Å². The van der Waals surface area contributed by atoms with Crippen LogP contribution >= 0.6 is 0 Å². The van der Waals surface area contributed by atoms with Gasteiger partial charge in [-0.1, -0.05) is 0 Å². The first-order valence-electron chi connectivity index (χ1n) is 5.37. The van der Waals surface area contributed by atoms with Gasteiger partial charge in [0.25, 0.3) is 0 Å². The second-order valence-corrected chi connectivity index (χ2v) is 4.35. The number of nitrogens with one attached hydrogen (secondary N) is 1. The van der Waals surface area contributed by atoms with E-state index in [1.54, 1.807) is 0 Å². The molecular formula is C12H21N3. The van der Waals surface area contributed by atoms with Crippen LogP contribution in [0, 0.1) is 6.92 Å². The molecule has 3 heteroatoms. The predicted molar refractivity (Wildman–Crippen MR) is 63.8 cm³/mol. The number of hydrogen-bond acceptors (Lipinski definition) is 3. The third-order valence-electron chi connectivity index (χ3n) is 2.43. The molecule has 0 spiro atoms. The minimum atomic E-state index is 0.500. The van der Waals surface area contributed by atoms with Crippen LogP contribution in [0.25, 0.3) is 0 Å². The fourth-order valence-corrected chi connectivity index (χ4v) is 1.58. The summed E-state index contributed by atoms with van der Waals surface area (Å²) in [5.41, 5.74) is 2.58. The minimum absolute atomic E-state index is 0.500. The summed E-state index contributed by atoms with van der Waals surface area (Å²) in [5.74, 6) is 0. The number of rotatable bonds is 5. The zero-order chi connectivity index (χ0) is 11.3. The second kappa shape index (κ2) is 5.83. The van der Waals surface area contributed by atoms with Crippen LogP contribution < -0.4 is 5.32 Å². The Morgan fingerprint density at radius 3 is 2.80 bits per heavy atom. The highest BCUT2D eigenvalue weighted by atomic mass is 15.1. The fourth-order valence-electron chi connectivity index (χ4n) is 1.58. The van der Waals surface area contributed by atoms with Gasteiger partial charge in [-0.15, -0.1) is 0 Å². The molecule has 1 rings (SSSR count). The van der Waals surface area contributed by atoms with E-state index in [1.807, 2.05) is 18.5 Å². The Labute approximate surface area is 92.5 Å². The summed E-state index contributed by atoms with van der Waals surface area (Å²) in [5, 5.41) is 3.49. The Hall–Kier alpha value is -0.930. The molecule has 0 radical (unpaired) electrons. The molecule has 1 unspecified atom stereocenters. The fraction of sp³-hybridized carbons (Fsp3) is 0.583. The number of aryl methyl sites for hydroxylation is 1. The van der Waals surface area contributed by atoms with Crippen LogP contribution in [-0.4, -0.2) is 36.6 Å². The van der Waals surface area contributed by atoms with Crippen molar-refractivity contribution in [3.05, 3.63) is 29.6 Å². The first-order chi connectivity index (χ1) is 7.09. The van der Waals surface area contributed by atoms with Gasteiger partial charge in [0, 0.05) is 31.5 Å². The van der Waals surface area contributed by atoms with E-state index in [1.165, 1.54) is 11.1 Å². The molecule has 0 amide bonds. The van der Waals surface area contributed by atoms with Gasteiger partial charge in [0.15, 0.2) is 0 Å². The second-order valence-electron chi connectivity index (χ2n) is 4.35. The van der Waals surface area contributed by atoms with Crippen molar-refractivity contribution in [3.63, 3.8) is 0 Å². The monoisotopic (exact) mass is 207 g/mol. The molecule has 84 valence electrons. The highest BCUT2D eigenvalue weighted by Gasteiger charge is 2.03. The van der Waals surface area contributed by atoms with E-state index in [0.717, 1.165) is 13.1 Å². The molecule has 1 aromatic heterocycles. The molecule has 0 saturated carbocycles. The van der Waals surface area contributed by atoms with Crippen LogP contribution in [0.2, 0.25) is 0 Å². The van der Waals surface area contributed by atoms with Crippen molar-refractivity contribution in [2.24, 2.45) is 0 Å². The number of aromatic nitrogens is 1. The van der Waals surface area contributed by atoms with Crippen molar-refractivity contribution in [1.29, 1.82) is 0 Å². The van der Waals surface area contributed by atoms with Crippen LogP contribution in [0.1, 0.15) is 18.1 Å². The summed E-state index contributed by atoms with van der Waals surface area (Å²) in [6, 6.07) is 2.55. The van der Waals surface area contributed by atoms with Gasteiger partial charge < -0.3 is 10.2 Å². The maximum atomic E-state index is 4.13. The molecule has 0 fully saturated rings. The first kappa shape index (κ1) is 12.1. The van der Waals surface area contributed by atoms with Crippen LogP contribution in [0.5, 0.6) is 0 Å². The SMILES string of the molecule is Cc1ccncc1CNC(C)CN(C)C. The average Bonchev–Trinajstić information content (AvgIpc) is 2.15. The van der Waals surface area contributed by atoms with Gasteiger partial charge in [0.2, 0.25) is 0 Å². The van der Waals surface area contributed by atoms with Gasteiger partial charge in [-0.25, -0.2) is 0 Å². The van der Waals surface area contributed by atoms with E-state index in [4.69, 9.17) is 0 Å². The van der Waals surface area contributed by atoms with Gasteiger partial charge in [-0.3, -0.25) is 4.98 Å². The van der Waals surface area contributed by atoms with E-state index >= 15 is 0 Å². The number of nitrogens with zero attached hydrogens (tertiary/aromatic N) is 2. The summed E-state index contributed by atoms with van der Waals surface area (Å²) in [4.78, 5) is 6.32. The van der Waals surface area contributed by atoms with E-state index in [0.29, 0.717) is 6.04 Å². The molecule has 0 aromatic carbocycles. The summed E-state index contributed by atoms with van der Waals surface area (Å²) in [6.45, 7) is 6.27. The van der Waals surface area contributed by atoms with Crippen molar-refractivity contribution in [3.8, 4) is 0 Å². The molecule has 1 N–H and O–H groups in total. The molecule has 0 aliphatic heterocycles. The van der Waals surface area contributed by atoms with Gasteiger partial charge in [0.05, 0.1) is 0 Å². The van der Waals surface area contributed by atoms with Gasteiger partial charge in [-0.05, 0) is 45.1 Å². The lowest BCUT2D eigenvalue weighted by Crippen LogP contribution is -2.35. The highest BCUT2D eigenvalue weighted by molar-refractivity contribution is 5.21. The van der Waals surface area contributed by atoms with Gasteiger partial charge in [-0.2, -0.15) is 0 Å². The van der Waals surface area contributed by atoms with Crippen molar-refractivity contribution < 1.29 is 0 Å². The quantitative estimate of drug-likeness (QED) is 0.791. The van der Waals surface area contributed by atoms with Gasteiger partial charge in [0.1, 0.15) is 0 Å². The normalized spacial score (nSPS) is 13.1. The van der Waals surface area contributed by atoms with Crippen LogP contribution in [0.3, 0.4) is 0 Å². The number of hydrogen-bond donors (Lipinski definition) is 1. The number of pyridine rings is 1. The Kier molecular flexibility index (Phi) is 4.72. The zero-order valence-corrected chi connectivity index (χ0v) is 10.1. The average molecular weight is 207 g/mol. The molecule has 0 bridgehead atoms. The first-order valence-corrected chi connectivity index (χ1v) is 5.37. The Balaban J connectivity index is 2.40. The zero-order valence-electron chi connectivity index (χ0n) is 10.1. The maximum absolute atomic E-state index is 4.13. The molecule has 1 aromatic rings. The van der Waals surface area contributed by atoms with Crippen LogP contribution in [0.4, 0.5) is 0 Å². The molecule has 0 saturated heterocycles.